The zero-order valence-electron chi connectivity index (χ0n) is 20.2. The van der Waals surface area contributed by atoms with E-state index in [-0.39, 0.29) is 20.1 Å². The molecule has 0 spiro atoms. The molecule has 1 radical (unpaired) electrons. The van der Waals surface area contributed by atoms with Crippen molar-refractivity contribution in [1.29, 1.82) is 0 Å². The molecule has 0 aliphatic carbocycles. The first-order valence-electron chi connectivity index (χ1n) is 12.1. The Labute approximate surface area is 233 Å². The molecule has 38 heavy (non-hydrogen) atoms. The molecular weight excluding hydrogens is 645 g/mol. The molecule has 4 aromatic heterocycles. The molecule has 0 saturated carbocycles. The predicted octanol–water partition coefficient (Wildman–Crippen LogP) is 7.64. The molecule has 5 heteroatoms. The third-order valence-electron chi connectivity index (χ3n) is 6.57. The fourth-order valence-electron chi connectivity index (χ4n) is 4.93. The van der Waals surface area contributed by atoms with Crippen LogP contribution in [0.3, 0.4) is 0 Å². The Bertz CT molecular complexity index is 1930. The molecule has 0 aliphatic rings. The molecule has 4 nitrogen and oxygen atoms in total. The van der Waals surface area contributed by atoms with Crippen molar-refractivity contribution in [3.8, 4) is 22.6 Å². The van der Waals surface area contributed by atoms with E-state index in [2.05, 4.69) is 69.0 Å². The molecule has 0 unspecified atom stereocenters. The van der Waals surface area contributed by atoms with Crippen molar-refractivity contribution in [2.75, 3.05) is 0 Å². The van der Waals surface area contributed by atoms with Crippen LogP contribution in [0.2, 0.25) is 0 Å². The van der Waals surface area contributed by atoms with Crippen LogP contribution in [-0.2, 0) is 20.1 Å². The maximum Gasteiger partial charge on any atom is 0.139 e. The van der Waals surface area contributed by atoms with Crippen molar-refractivity contribution < 1.29 is 20.1 Å². The first-order chi connectivity index (χ1) is 18.4. The van der Waals surface area contributed by atoms with Crippen molar-refractivity contribution in [1.82, 2.24) is 19.4 Å². The zero-order valence-corrected chi connectivity index (χ0v) is 22.6. The van der Waals surface area contributed by atoms with E-state index in [1.807, 2.05) is 72.9 Å². The summed E-state index contributed by atoms with van der Waals surface area (Å²) in [6.45, 7) is 0. The van der Waals surface area contributed by atoms with Gasteiger partial charge >= 0.3 is 0 Å². The smallest absolute Gasteiger partial charge is 0.139 e. The summed E-state index contributed by atoms with van der Waals surface area (Å²) in [5.41, 5.74) is 6.28. The van der Waals surface area contributed by atoms with Gasteiger partial charge in [-0.15, -0.1) is 71.8 Å². The minimum Gasteiger partial charge on any atom is -0.305 e. The van der Waals surface area contributed by atoms with E-state index >= 15 is 0 Å². The van der Waals surface area contributed by atoms with Gasteiger partial charge in [0, 0.05) is 54.0 Å². The van der Waals surface area contributed by atoms with Gasteiger partial charge < -0.3 is 4.98 Å². The van der Waals surface area contributed by atoms with E-state index in [4.69, 9.17) is 4.98 Å². The van der Waals surface area contributed by atoms with Crippen LogP contribution in [0, 0.1) is 12.1 Å². The Balaban J connectivity index is 0.000000172. The first-order valence-corrected chi connectivity index (χ1v) is 12.1. The quantitative estimate of drug-likeness (QED) is 0.179. The average molecular weight is 665 g/mol. The van der Waals surface area contributed by atoms with Gasteiger partial charge in [-0.05, 0) is 17.8 Å². The van der Waals surface area contributed by atoms with Crippen LogP contribution >= 0.6 is 0 Å². The van der Waals surface area contributed by atoms with Gasteiger partial charge in [0.1, 0.15) is 5.65 Å². The minimum absolute atomic E-state index is 0. The maximum atomic E-state index is 4.91. The molecule has 0 saturated heterocycles. The molecule has 183 valence electrons. The Morgan fingerprint density at radius 1 is 0.579 bits per heavy atom. The van der Waals surface area contributed by atoms with Crippen LogP contribution in [0.25, 0.3) is 60.9 Å². The Morgan fingerprint density at radius 2 is 1.26 bits per heavy atom. The molecule has 8 rings (SSSR count). The van der Waals surface area contributed by atoms with Gasteiger partial charge in [0.2, 0.25) is 0 Å². The van der Waals surface area contributed by atoms with Gasteiger partial charge in [-0.1, -0.05) is 48.5 Å². The number of nitrogens with zero attached hydrogens (tertiary/aromatic N) is 4. The zero-order chi connectivity index (χ0) is 24.6. The molecule has 4 heterocycles. The SMILES string of the molecule is [Ir].[c-]1ccccc1-c1ccccn1.[c-]1ccccc1-c1ncc2c3cccc4c5ccccc5n(c2n1)c43. The minimum atomic E-state index is 0. The van der Waals surface area contributed by atoms with E-state index in [1.165, 1.54) is 27.2 Å². The van der Waals surface area contributed by atoms with E-state index in [9.17, 15) is 0 Å². The topological polar surface area (TPSA) is 43.1 Å². The molecule has 0 atom stereocenters. The number of para-hydroxylation sites is 2. The van der Waals surface area contributed by atoms with Crippen molar-refractivity contribution in [2.24, 2.45) is 0 Å². The summed E-state index contributed by atoms with van der Waals surface area (Å²) in [6.07, 6.45) is 3.73. The second-order valence-electron chi connectivity index (χ2n) is 8.75. The summed E-state index contributed by atoms with van der Waals surface area (Å²) in [5.74, 6) is 0.707. The van der Waals surface area contributed by atoms with Gasteiger partial charge in [0.05, 0.1) is 16.9 Å². The number of benzene rings is 4. The van der Waals surface area contributed by atoms with Crippen LogP contribution in [-0.4, -0.2) is 19.4 Å². The summed E-state index contributed by atoms with van der Waals surface area (Å²) >= 11 is 0. The van der Waals surface area contributed by atoms with E-state index in [0.717, 1.165) is 27.9 Å². The number of hydrogen-bond acceptors (Lipinski definition) is 3. The Morgan fingerprint density at radius 3 is 2.00 bits per heavy atom. The van der Waals surface area contributed by atoms with E-state index in [0.29, 0.717) is 5.82 Å². The van der Waals surface area contributed by atoms with Crippen LogP contribution < -0.4 is 0 Å². The van der Waals surface area contributed by atoms with Crippen molar-refractivity contribution in [3.63, 3.8) is 0 Å². The fourth-order valence-corrected chi connectivity index (χ4v) is 4.93. The molecule has 4 aromatic carbocycles. The van der Waals surface area contributed by atoms with Gasteiger partial charge in [0.25, 0.3) is 0 Å². The van der Waals surface area contributed by atoms with Crippen molar-refractivity contribution in [3.05, 3.63) is 134 Å². The third kappa shape index (κ3) is 4.03. The second kappa shape index (κ2) is 10.1. The molecular formula is C33H20IrN4-2. The Hall–Kier alpha value is -4.44. The van der Waals surface area contributed by atoms with Gasteiger partial charge in [-0.25, -0.2) is 0 Å². The number of rotatable bonds is 2. The molecule has 0 aliphatic heterocycles. The van der Waals surface area contributed by atoms with Gasteiger partial charge in [0.15, 0.2) is 0 Å². The number of hydrogen-bond donors (Lipinski definition) is 0. The summed E-state index contributed by atoms with van der Waals surface area (Å²) in [4.78, 5) is 13.7. The summed E-state index contributed by atoms with van der Waals surface area (Å²) < 4.78 is 2.27. The Kier molecular flexibility index (Phi) is 6.38. The normalized spacial score (nSPS) is 10.9. The van der Waals surface area contributed by atoms with Crippen molar-refractivity contribution in [2.45, 2.75) is 0 Å². The number of fused-ring (bicyclic) bond motifs is 6. The van der Waals surface area contributed by atoms with E-state index < -0.39 is 0 Å². The van der Waals surface area contributed by atoms with Crippen molar-refractivity contribution >= 4 is 38.2 Å². The monoisotopic (exact) mass is 665 g/mol. The van der Waals surface area contributed by atoms with Crippen LogP contribution in [0.15, 0.2) is 122 Å². The second-order valence-corrected chi connectivity index (χ2v) is 8.75. The largest absolute Gasteiger partial charge is 0.305 e. The predicted molar refractivity (Wildman–Crippen MR) is 149 cm³/mol. The molecule has 8 aromatic rings. The van der Waals surface area contributed by atoms with Crippen LogP contribution in [0.1, 0.15) is 0 Å². The molecule has 0 amide bonds. The number of pyridine rings is 1. The standard InChI is InChI=1S/C22H12N3.C11H8N.Ir/c1-2-7-14(8-3-1)21-23-13-18-17-11-6-10-16-15-9-4-5-12-19(15)25(20(16)17)22(18)24-21;1-2-6-10(7-3-1)11-8-4-5-9-12-11;/h1-7,9-13H;1-6,8-9H;/q2*-1;. The molecule has 0 fully saturated rings. The van der Waals surface area contributed by atoms with E-state index in [1.54, 1.807) is 6.20 Å². The van der Waals surface area contributed by atoms with Crippen LogP contribution in [0.4, 0.5) is 0 Å². The summed E-state index contributed by atoms with van der Waals surface area (Å²) in [7, 11) is 0. The molecule has 0 N–H and O–H groups in total. The summed E-state index contributed by atoms with van der Waals surface area (Å²) in [6, 6.07) is 42.8. The fraction of sp³-hybridized carbons (Fsp3) is 0. The summed E-state index contributed by atoms with van der Waals surface area (Å²) in [5, 5.41) is 4.81. The van der Waals surface area contributed by atoms with Crippen LogP contribution in [0.5, 0.6) is 0 Å². The van der Waals surface area contributed by atoms with Gasteiger partial charge in [-0.2, -0.15) is 0 Å². The maximum absolute atomic E-state index is 4.91. The molecule has 0 bridgehead atoms. The average Bonchev–Trinajstić information content (AvgIpc) is 3.51. The first kappa shape index (κ1) is 23.9. The van der Waals surface area contributed by atoms with Gasteiger partial charge in [-0.3, -0.25) is 14.4 Å². The third-order valence-corrected chi connectivity index (χ3v) is 6.57. The number of aromatic nitrogens is 4.